The van der Waals surface area contributed by atoms with Crippen molar-refractivity contribution in [2.75, 3.05) is 19.7 Å². The van der Waals surface area contributed by atoms with Gasteiger partial charge in [-0.2, -0.15) is 0 Å². The van der Waals surface area contributed by atoms with E-state index in [1.165, 1.54) is 0 Å². The molecule has 0 saturated carbocycles. The average Bonchev–Trinajstić information content (AvgIpc) is 2.46. The van der Waals surface area contributed by atoms with Crippen molar-refractivity contribution in [3.05, 3.63) is 12.2 Å². The molecule has 0 aromatic carbocycles. The lowest BCUT2D eigenvalue weighted by atomic mass is 10.3. The molecule has 11 heteroatoms. The lowest BCUT2D eigenvalue weighted by Gasteiger charge is -2.43. The quantitative estimate of drug-likeness (QED) is 0.154. The first-order valence-corrected chi connectivity index (χ1v) is 22.8. The molecule has 2 N–H and O–H groups in total. The van der Waals surface area contributed by atoms with E-state index >= 15 is 0 Å². The van der Waals surface area contributed by atoms with Gasteiger partial charge >= 0.3 is 14.8 Å². The number of hydrogen-bond donors (Lipinski definition) is 2. The molecule has 0 fully saturated rings. The van der Waals surface area contributed by atoms with E-state index in [1.807, 2.05) is 0 Å². The highest BCUT2D eigenvalue weighted by Gasteiger charge is 2.49. The van der Waals surface area contributed by atoms with E-state index in [2.05, 4.69) is 70.8 Å². The van der Waals surface area contributed by atoms with Crippen molar-refractivity contribution in [2.45, 2.75) is 84.4 Å². The minimum absolute atomic E-state index is 0.0480. The van der Waals surface area contributed by atoms with Gasteiger partial charge in [0.25, 0.3) is 0 Å². The maximum atomic E-state index is 11.4. The first-order chi connectivity index (χ1) is 13.3. The highest BCUT2D eigenvalue weighted by atomic mass is 28.5. The predicted molar refractivity (Wildman–Crippen MR) is 133 cm³/mol. The molecule has 0 saturated heterocycles. The van der Waals surface area contributed by atoms with Crippen LogP contribution in [0.25, 0.3) is 0 Å². The van der Waals surface area contributed by atoms with E-state index in [1.54, 1.807) is 6.92 Å². The maximum Gasteiger partial charge on any atom is 0.469 e. The van der Waals surface area contributed by atoms with Crippen LogP contribution < -0.4 is 5.32 Å². The van der Waals surface area contributed by atoms with Crippen molar-refractivity contribution < 1.29 is 27.0 Å². The Kier molecular flexibility index (Phi) is 12.2. The Hall–Kier alpha value is -0.122. The lowest BCUT2D eigenvalue weighted by molar-refractivity contribution is -0.141. The molecule has 0 aromatic rings. The average molecular weight is 496 g/mol. The fourth-order valence-electron chi connectivity index (χ4n) is 2.67. The summed E-state index contributed by atoms with van der Waals surface area (Å²) in [6.45, 7) is 25.7. The van der Waals surface area contributed by atoms with Crippen molar-refractivity contribution in [1.29, 1.82) is 0 Å². The molecule has 0 spiro atoms. The second-order valence-electron chi connectivity index (χ2n) is 10.7. The topological polar surface area (TPSA) is 86.3 Å². The van der Waals surface area contributed by atoms with E-state index in [9.17, 15) is 9.90 Å². The number of nitrogens with one attached hydrogen (secondary N) is 1. The highest BCUT2D eigenvalue weighted by molar-refractivity contribution is 6.90. The van der Waals surface area contributed by atoms with E-state index < -0.39 is 45.8 Å². The van der Waals surface area contributed by atoms with Crippen LogP contribution in [0.2, 0.25) is 65.0 Å². The number of carbonyl (C=O) groups is 1. The summed E-state index contributed by atoms with van der Waals surface area (Å²) in [5.74, 6) is -0.486. The number of hydrogen-bond acceptors (Lipinski definition) is 7. The molecule has 1 atom stereocenters. The summed E-state index contributed by atoms with van der Waals surface area (Å²) in [7, 11) is -8.43. The van der Waals surface area contributed by atoms with Gasteiger partial charge < -0.3 is 27.5 Å². The Labute approximate surface area is 188 Å². The molecule has 0 aliphatic heterocycles. The van der Waals surface area contributed by atoms with Gasteiger partial charge in [-0.3, -0.25) is 0 Å². The van der Waals surface area contributed by atoms with Crippen LogP contribution in [-0.2, 0) is 21.9 Å². The number of esters is 1. The van der Waals surface area contributed by atoms with Gasteiger partial charge in [0.2, 0.25) is 0 Å². The first-order valence-electron chi connectivity index (χ1n) is 10.7. The molecule has 0 aliphatic carbocycles. The Bertz CT molecular complexity index is 514. The number of carbonyl (C=O) groups excluding carboxylic acids is 1. The number of rotatable bonds is 15. The van der Waals surface area contributed by atoms with Crippen molar-refractivity contribution in [2.24, 2.45) is 0 Å². The van der Waals surface area contributed by atoms with Crippen LogP contribution in [0, 0.1) is 0 Å². The summed E-state index contributed by atoms with van der Waals surface area (Å²) in [6, 6.07) is 0.750. The monoisotopic (exact) mass is 495 g/mol. The van der Waals surface area contributed by atoms with E-state index in [0.717, 1.165) is 12.5 Å². The van der Waals surface area contributed by atoms with E-state index in [4.69, 9.17) is 17.1 Å². The second kappa shape index (κ2) is 12.2. The summed E-state index contributed by atoms with van der Waals surface area (Å²) in [5, 5.41) is 13.2. The molecule has 30 heavy (non-hydrogen) atoms. The van der Waals surface area contributed by atoms with E-state index in [-0.39, 0.29) is 6.61 Å². The molecule has 178 valence electrons. The number of ether oxygens (including phenoxy) is 1. The number of aliphatic hydroxyl groups excluding tert-OH is 1. The lowest BCUT2D eigenvalue weighted by Crippen LogP contribution is -2.60. The van der Waals surface area contributed by atoms with Gasteiger partial charge in [0.15, 0.2) is 25.0 Å². The van der Waals surface area contributed by atoms with Gasteiger partial charge in [0, 0.05) is 18.2 Å². The van der Waals surface area contributed by atoms with Crippen LogP contribution in [0.3, 0.4) is 0 Å². The minimum atomic E-state index is -2.82. The smallest absolute Gasteiger partial charge is 0.460 e. The fraction of sp³-hybridized carbons (Fsp3) is 0.842. The summed E-state index contributed by atoms with van der Waals surface area (Å²) < 4.78 is 24.9. The van der Waals surface area contributed by atoms with Gasteiger partial charge in [-0.25, -0.2) is 4.79 Å². The Morgan fingerprint density at radius 3 is 1.73 bits per heavy atom. The minimum Gasteiger partial charge on any atom is -0.460 e. The molecule has 0 rings (SSSR count). The fourth-order valence-corrected chi connectivity index (χ4v) is 17.3. The Morgan fingerprint density at radius 2 is 1.37 bits per heavy atom. The largest absolute Gasteiger partial charge is 0.469 e. The number of aliphatic hydroxyl groups is 1. The molecule has 0 bridgehead atoms. The van der Waals surface area contributed by atoms with Gasteiger partial charge in [-0.1, -0.05) is 6.58 Å². The third kappa shape index (κ3) is 15.6. The van der Waals surface area contributed by atoms with Gasteiger partial charge in [0.1, 0.15) is 12.7 Å². The van der Waals surface area contributed by atoms with Gasteiger partial charge in [0.05, 0.1) is 0 Å². The van der Waals surface area contributed by atoms with Crippen LogP contribution in [0.4, 0.5) is 0 Å². The first kappa shape index (κ1) is 29.9. The molecule has 7 nitrogen and oxygen atoms in total. The van der Waals surface area contributed by atoms with Crippen LogP contribution in [0.15, 0.2) is 12.2 Å². The normalized spacial score (nSPS) is 14.5. The zero-order chi connectivity index (χ0) is 23.8. The summed E-state index contributed by atoms with van der Waals surface area (Å²) in [5.41, 5.74) is 0.323. The molecular weight excluding hydrogens is 451 g/mol. The Morgan fingerprint density at radius 1 is 0.933 bits per heavy atom. The van der Waals surface area contributed by atoms with Gasteiger partial charge in [-0.05, 0) is 78.8 Å². The van der Waals surface area contributed by atoms with Crippen LogP contribution in [-0.4, -0.2) is 70.6 Å². The molecule has 0 aliphatic rings. The van der Waals surface area contributed by atoms with Gasteiger partial charge in [-0.15, -0.1) is 0 Å². The molecule has 0 amide bonds. The maximum absolute atomic E-state index is 11.4. The third-order valence-corrected chi connectivity index (χ3v) is 15.4. The molecule has 0 heterocycles. The molecule has 0 aromatic heterocycles. The summed E-state index contributed by atoms with van der Waals surface area (Å²) in [6.07, 6.45) is 0.0641. The third-order valence-electron chi connectivity index (χ3n) is 3.36. The summed E-state index contributed by atoms with van der Waals surface area (Å²) in [4.78, 5) is 11.4. The Balaban J connectivity index is 4.88. The molecule has 0 radical (unpaired) electrons. The second-order valence-corrected chi connectivity index (χ2v) is 27.7. The van der Waals surface area contributed by atoms with Crippen LogP contribution >= 0.6 is 0 Å². The van der Waals surface area contributed by atoms with Crippen molar-refractivity contribution in [3.63, 3.8) is 0 Å². The zero-order valence-corrected chi connectivity index (χ0v) is 24.8. The van der Waals surface area contributed by atoms with Crippen molar-refractivity contribution in [1.82, 2.24) is 5.32 Å². The predicted octanol–water partition coefficient (Wildman–Crippen LogP) is 3.94. The summed E-state index contributed by atoms with van der Waals surface area (Å²) >= 11 is 0. The van der Waals surface area contributed by atoms with Crippen molar-refractivity contribution >= 4 is 39.7 Å². The molecule has 1 unspecified atom stereocenters. The highest BCUT2D eigenvalue weighted by Crippen LogP contribution is 2.29. The standard InChI is InChI=1S/C19H45NO6Si4/c1-17(2)19(22)23-16-18(21)15-20-13-12-14-30(24-27(3,4)5,25-28(6,7)8)26-29(9,10)11/h18,20-21H,1,12-16H2,2-11H3. The van der Waals surface area contributed by atoms with Crippen molar-refractivity contribution in [3.8, 4) is 0 Å². The van der Waals surface area contributed by atoms with Crippen LogP contribution in [0.1, 0.15) is 13.3 Å². The van der Waals surface area contributed by atoms with E-state index in [0.29, 0.717) is 18.7 Å². The SMILES string of the molecule is C=C(C)C(=O)OCC(O)CNCCC[Si](O[Si](C)(C)C)(O[Si](C)(C)C)O[Si](C)(C)C. The zero-order valence-electron chi connectivity index (χ0n) is 20.8. The molecular formula is C19H45NO6Si4. The van der Waals surface area contributed by atoms with Crippen LogP contribution in [0.5, 0.6) is 0 Å².